The molecule has 2 aromatic heterocycles. The molecule has 0 radical (unpaired) electrons. The van der Waals surface area contributed by atoms with Crippen LogP contribution in [0.3, 0.4) is 0 Å². The van der Waals surface area contributed by atoms with Gasteiger partial charge in [-0.05, 0) is 30.3 Å². The Bertz CT molecular complexity index is 1110. The minimum absolute atomic E-state index is 0.135. The number of hydrogen-bond acceptors (Lipinski definition) is 7. The van der Waals surface area contributed by atoms with Crippen molar-refractivity contribution in [3.8, 4) is 17.2 Å². The average Bonchev–Trinajstić information content (AvgIpc) is 3.20. The Kier molecular flexibility index (Phi) is 4.71. The van der Waals surface area contributed by atoms with E-state index in [2.05, 4.69) is 25.6 Å². The first-order valence-electron chi connectivity index (χ1n) is 8.45. The maximum absolute atomic E-state index is 13.9. The number of benzene rings is 2. The fraction of sp³-hybridized carbons (Fsp3) is 0.158. The van der Waals surface area contributed by atoms with Crippen LogP contribution in [0.5, 0.6) is 11.5 Å². The molecule has 142 valence electrons. The Hall–Kier alpha value is -3.75. The van der Waals surface area contributed by atoms with E-state index in [1.54, 1.807) is 17.9 Å². The van der Waals surface area contributed by atoms with E-state index in [9.17, 15) is 4.39 Å². The number of halogens is 1. The number of nitrogens with zero attached hydrogens (tertiary/aromatic N) is 5. The lowest BCUT2D eigenvalue weighted by Gasteiger charge is -2.09. The second-order valence-corrected chi connectivity index (χ2v) is 5.93. The molecule has 1 N–H and O–H groups in total. The van der Waals surface area contributed by atoms with E-state index in [-0.39, 0.29) is 5.75 Å². The van der Waals surface area contributed by atoms with Crippen LogP contribution >= 0.6 is 0 Å². The molecule has 9 heteroatoms. The van der Waals surface area contributed by atoms with Crippen LogP contribution in [0.25, 0.3) is 16.6 Å². The largest absolute Gasteiger partial charge is 0.497 e. The summed E-state index contributed by atoms with van der Waals surface area (Å²) in [6.45, 7) is 0.391. The van der Waals surface area contributed by atoms with E-state index in [1.165, 1.54) is 19.5 Å². The van der Waals surface area contributed by atoms with E-state index < -0.39 is 5.82 Å². The molecule has 0 saturated carbocycles. The summed E-state index contributed by atoms with van der Waals surface area (Å²) in [5, 5.41) is 12.2. The normalized spacial score (nSPS) is 10.8. The third-order valence-corrected chi connectivity index (χ3v) is 4.22. The number of ether oxygens (including phenoxy) is 2. The van der Waals surface area contributed by atoms with Gasteiger partial charge in [-0.15, -0.1) is 5.10 Å². The van der Waals surface area contributed by atoms with Crippen molar-refractivity contribution in [3.05, 3.63) is 60.4 Å². The zero-order valence-electron chi connectivity index (χ0n) is 15.3. The second kappa shape index (κ2) is 7.47. The molecular formula is C19H17FN6O2. The van der Waals surface area contributed by atoms with Crippen LogP contribution in [0.1, 0.15) is 5.69 Å². The number of nitrogens with one attached hydrogen (secondary N) is 1. The summed E-state index contributed by atoms with van der Waals surface area (Å²) in [6.07, 6.45) is 3.20. The molecule has 0 aliphatic carbocycles. The van der Waals surface area contributed by atoms with Crippen LogP contribution in [0, 0.1) is 5.82 Å². The summed E-state index contributed by atoms with van der Waals surface area (Å²) in [6, 6.07) is 10.4. The van der Waals surface area contributed by atoms with Crippen LogP contribution in [-0.2, 0) is 6.54 Å². The van der Waals surface area contributed by atoms with Gasteiger partial charge in [0.1, 0.15) is 23.6 Å². The van der Waals surface area contributed by atoms with Gasteiger partial charge in [0.25, 0.3) is 0 Å². The summed E-state index contributed by atoms with van der Waals surface area (Å²) in [7, 11) is 3.04. The van der Waals surface area contributed by atoms with Crippen LogP contribution in [-0.4, -0.2) is 39.2 Å². The van der Waals surface area contributed by atoms with E-state index in [0.717, 1.165) is 17.1 Å². The molecule has 2 heterocycles. The van der Waals surface area contributed by atoms with E-state index in [0.29, 0.717) is 23.3 Å². The van der Waals surface area contributed by atoms with Gasteiger partial charge >= 0.3 is 0 Å². The van der Waals surface area contributed by atoms with Crippen molar-refractivity contribution in [3.63, 3.8) is 0 Å². The number of fused-ring (bicyclic) bond motifs is 1. The van der Waals surface area contributed by atoms with Gasteiger partial charge in [-0.25, -0.2) is 19.0 Å². The molecule has 0 saturated heterocycles. The first kappa shape index (κ1) is 17.7. The Morgan fingerprint density at radius 1 is 1.07 bits per heavy atom. The predicted molar refractivity (Wildman–Crippen MR) is 101 cm³/mol. The highest BCUT2D eigenvalue weighted by Gasteiger charge is 2.11. The lowest BCUT2D eigenvalue weighted by molar-refractivity contribution is 0.387. The van der Waals surface area contributed by atoms with Crippen molar-refractivity contribution in [2.45, 2.75) is 6.54 Å². The van der Waals surface area contributed by atoms with Crippen molar-refractivity contribution in [2.24, 2.45) is 0 Å². The minimum atomic E-state index is -0.470. The van der Waals surface area contributed by atoms with E-state index >= 15 is 0 Å². The van der Waals surface area contributed by atoms with Gasteiger partial charge in [-0.2, -0.15) is 0 Å². The van der Waals surface area contributed by atoms with Gasteiger partial charge in [0.2, 0.25) is 0 Å². The van der Waals surface area contributed by atoms with Crippen molar-refractivity contribution < 1.29 is 13.9 Å². The highest BCUT2D eigenvalue weighted by atomic mass is 19.1. The van der Waals surface area contributed by atoms with Crippen molar-refractivity contribution in [1.29, 1.82) is 0 Å². The molecule has 28 heavy (non-hydrogen) atoms. The molecule has 8 nitrogen and oxygen atoms in total. The molecule has 4 rings (SSSR count). The molecule has 0 unspecified atom stereocenters. The third-order valence-electron chi connectivity index (χ3n) is 4.22. The first-order valence-corrected chi connectivity index (χ1v) is 8.45. The number of aromatic nitrogens is 5. The summed E-state index contributed by atoms with van der Waals surface area (Å²) >= 11 is 0. The summed E-state index contributed by atoms with van der Waals surface area (Å²) in [5.74, 6) is 0.994. The maximum atomic E-state index is 13.9. The SMILES string of the molecule is COc1ccc(-n2cc(CNc3ncnc4cc(F)c(OC)cc34)nn2)cc1. The summed E-state index contributed by atoms with van der Waals surface area (Å²) in [4.78, 5) is 8.34. The predicted octanol–water partition coefficient (Wildman–Crippen LogP) is 2.98. The van der Waals surface area contributed by atoms with Gasteiger partial charge < -0.3 is 14.8 Å². The average molecular weight is 380 g/mol. The maximum Gasteiger partial charge on any atom is 0.167 e. The molecule has 0 fully saturated rings. The minimum Gasteiger partial charge on any atom is -0.497 e. The van der Waals surface area contributed by atoms with Crippen molar-refractivity contribution in [2.75, 3.05) is 19.5 Å². The Labute approximate surface area is 159 Å². The highest BCUT2D eigenvalue weighted by Crippen LogP contribution is 2.27. The lowest BCUT2D eigenvalue weighted by Crippen LogP contribution is -2.03. The number of anilines is 1. The number of hydrogen-bond donors (Lipinski definition) is 1. The van der Waals surface area contributed by atoms with Crippen LogP contribution in [0.4, 0.5) is 10.2 Å². The van der Waals surface area contributed by atoms with Crippen LogP contribution in [0.2, 0.25) is 0 Å². The molecule has 0 spiro atoms. The molecule has 0 atom stereocenters. The van der Waals surface area contributed by atoms with Crippen molar-refractivity contribution in [1.82, 2.24) is 25.0 Å². The monoisotopic (exact) mass is 380 g/mol. The Morgan fingerprint density at radius 2 is 1.89 bits per heavy atom. The molecule has 0 amide bonds. The van der Waals surface area contributed by atoms with Crippen LogP contribution in [0.15, 0.2) is 48.9 Å². The Balaban J connectivity index is 1.54. The van der Waals surface area contributed by atoms with Gasteiger partial charge in [0.05, 0.1) is 38.2 Å². The van der Waals surface area contributed by atoms with E-state index in [1.807, 2.05) is 30.5 Å². The standard InChI is InChI=1S/C19H17FN6O2/c1-27-14-5-3-13(4-6-14)26-10-12(24-25-26)9-21-19-15-7-18(28-2)16(20)8-17(15)22-11-23-19/h3-8,10-11H,9H2,1-2H3,(H,21,22,23). The smallest absolute Gasteiger partial charge is 0.167 e. The first-order chi connectivity index (χ1) is 13.7. The quantitative estimate of drug-likeness (QED) is 0.550. The fourth-order valence-electron chi connectivity index (χ4n) is 2.77. The molecule has 0 bridgehead atoms. The number of rotatable bonds is 6. The molecule has 2 aromatic carbocycles. The molecule has 4 aromatic rings. The molecule has 0 aliphatic rings. The van der Waals surface area contributed by atoms with Gasteiger partial charge in [-0.3, -0.25) is 0 Å². The molecule has 0 aliphatic heterocycles. The van der Waals surface area contributed by atoms with Crippen LogP contribution < -0.4 is 14.8 Å². The van der Waals surface area contributed by atoms with Crippen molar-refractivity contribution >= 4 is 16.7 Å². The second-order valence-electron chi connectivity index (χ2n) is 5.93. The summed E-state index contributed by atoms with van der Waals surface area (Å²) in [5.41, 5.74) is 2.07. The third kappa shape index (κ3) is 3.41. The van der Waals surface area contributed by atoms with Gasteiger partial charge in [0, 0.05) is 11.5 Å². The van der Waals surface area contributed by atoms with Gasteiger partial charge in [0.15, 0.2) is 11.6 Å². The van der Waals surface area contributed by atoms with Gasteiger partial charge in [-0.1, -0.05) is 5.21 Å². The highest BCUT2D eigenvalue weighted by molar-refractivity contribution is 5.90. The number of methoxy groups -OCH3 is 2. The fourth-order valence-corrected chi connectivity index (χ4v) is 2.77. The zero-order valence-corrected chi connectivity index (χ0v) is 15.3. The van der Waals surface area contributed by atoms with E-state index in [4.69, 9.17) is 9.47 Å². The molecular weight excluding hydrogens is 363 g/mol. The zero-order chi connectivity index (χ0) is 19.5. The lowest BCUT2D eigenvalue weighted by atomic mass is 10.2. The summed E-state index contributed by atoms with van der Waals surface area (Å²) < 4.78 is 25.8. The topological polar surface area (TPSA) is 87.0 Å². The Morgan fingerprint density at radius 3 is 2.64 bits per heavy atom.